The molecule has 1 aromatic carbocycles. The molecule has 0 aliphatic rings. The van der Waals surface area contributed by atoms with Crippen LogP contribution in [0.5, 0.6) is 0 Å². The van der Waals surface area contributed by atoms with Gasteiger partial charge in [0.05, 0.1) is 6.26 Å². The van der Waals surface area contributed by atoms with Crippen molar-refractivity contribution in [3.63, 3.8) is 0 Å². The summed E-state index contributed by atoms with van der Waals surface area (Å²) < 4.78 is 5.38. The van der Waals surface area contributed by atoms with Crippen molar-refractivity contribution in [3.8, 4) is 0 Å². The molecule has 19 heavy (non-hydrogen) atoms. The molecule has 0 fully saturated rings. The van der Waals surface area contributed by atoms with E-state index in [0.29, 0.717) is 6.04 Å². The summed E-state index contributed by atoms with van der Waals surface area (Å²) in [6, 6.07) is 15.0. The molecule has 1 unspecified atom stereocenters. The van der Waals surface area contributed by atoms with Crippen molar-refractivity contribution < 1.29 is 4.42 Å². The van der Waals surface area contributed by atoms with Crippen LogP contribution >= 0.6 is 0 Å². The highest BCUT2D eigenvalue weighted by molar-refractivity contribution is 5.23. The molecule has 1 aromatic heterocycles. The van der Waals surface area contributed by atoms with Gasteiger partial charge in [0, 0.05) is 24.4 Å². The lowest BCUT2D eigenvalue weighted by molar-refractivity contribution is 0.406. The van der Waals surface area contributed by atoms with Crippen LogP contribution in [0.4, 0.5) is 0 Å². The van der Waals surface area contributed by atoms with Gasteiger partial charge < -0.3 is 9.73 Å². The van der Waals surface area contributed by atoms with Crippen LogP contribution in [-0.4, -0.2) is 12.6 Å². The summed E-state index contributed by atoms with van der Waals surface area (Å²) in [6.45, 7) is 7.70. The standard InChI is InChI=1S/C17H23NO/c1-14(12-16-10-7-11-19-16)18-13-17(2,3)15-8-5-4-6-9-15/h4-11,14,18H,12-13H2,1-3H3. The summed E-state index contributed by atoms with van der Waals surface area (Å²) in [7, 11) is 0. The molecule has 1 heterocycles. The lowest BCUT2D eigenvalue weighted by Crippen LogP contribution is -2.38. The second kappa shape index (κ2) is 6.07. The Morgan fingerprint density at radius 2 is 1.84 bits per heavy atom. The van der Waals surface area contributed by atoms with Gasteiger partial charge in [-0.15, -0.1) is 0 Å². The minimum absolute atomic E-state index is 0.138. The highest BCUT2D eigenvalue weighted by Crippen LogP contribution is 2.22. The van der Waals surface area contributed by atoms with E-state index in [9.17, 15) is 0 Å². The first-order valence-electron chi connectivity index (χ1n) is 6.89. The zero-order valence-corrected chi connectivity index (χ0v) is 12.0. The Kier molecular flexibility index (Phi) is 4.43. The Labute approximate surface area is 115 Å². The predicted octanol–water partition coefficient (Wildman–Crippen LogP) is 3.78. The topological polar surface area (TPSA) is 25.2 Å². The fourth-order valence-electron chi connectivity index (χ4n) is 2.22. The average molecular weight is 257 g/mol. The Balaban J connectivity index is 1.87. The van der Waals surface area contributed by atoms with Crippen LogP contribution in [0.15, 0.2) is 53.1 Å². The molecule has 0 spiro atoms. The first kappa shape index (κ1) is 13.9. The van der Waals surface area contributed by atoms with Crippen LogP contribution in [0.1, 0.15) is 32.1 Å². The Morgan fingerprint density at radius 3 is 2.47 bits per heavy atom. The van der Waals surface area contributed by atoms with E-state index in [1.165, 1.54) is 5.56 Å². The largest absolute Gasteiger partial charge is 0.469 e. The van der Waals surface area contributed by atoms with Gasteiger partial charge in [0.2, 0.25) is 0 Å². The number of hydrogen-bond donors (Lipinski definition) is 1. The van der Waals surface area contributed by atoms with Crippen LogP contribution in [0.2, 0.25) is 0 Å². The minimum atomic E-state index is 0.138. The maximum absolute atomic E-state index is 5.38. The molecule has 0 saturated carbocycles. The van der Waals surface area contributed by atoms with Crippen LogP contribution in [-0.2, 0) is 11.8 Å². The highest BCUT2D eigenvalue weighted by Gasteiger charge is 2.20. The second-order valence-electron chi connectivity index (χ2n) is 5.82. The number of nitrogens with one attached hydrogen (secondary N) is 1. The molecular formula is C17H23NO. The summed E-state index contributed by atoms with van der Waals surface area (Å²) in [5, 5.41) is 3.60. The summed E-state index contributed by atoms with van der Waals surface area (Å²) in [5.74, 6) is 1.04. The van der Waals surface area contributed by atoms with Crippen molar-refractivity contribution in [1.29, 1.82) is 0 Å². The predicted molar refractivity (Wildman–Crippen MR) is 79.3 cm³/mol. The first-order chi connectivity index (χ1) is 9.08. The van der Waals surface area contributed by atoms with E-state index in [-0.39, 0.29) is 5.41 Å². The Bertz CT molecular complexity index is 473. The summed E-state index contributed by atoms with van der Waals surface area (Å²) in [4.78, 5) is 0. The lowest BCUT2D eigenvalue weighted by Gasteiger charge is -2.27. The van der Waals surface area contributed by atoms with Gasteiger partial charge in [0.25, 0.3) is 0 Å². The minimum Gasteiger partial charge on any atom is -0.469 e. The number of benzene rings is 1. The van der Waals surface area contributed by atoms with Gasteiger partial charge in [-0.1, -0.05) is 44.2 Å². The van der Waals surface area contributed by atoms with Gasteiger partial charge in [-0.3, -0.25) is 0 Å². The van der Waals surface area contributed by atoms with E-state index in [1.54, 1.807) is 6.26 Å². The summed E-state index contributed by atoms with van der Waals surface area (Å²) in [5.41, 5.74) is 1.51. The molecule has 102 valence electrons. The molecule has 2 aromatic rings. The van der Waals surface area contributed by atoms with Gasteiger partial charge in [0.1, 0.15) is 5.76 Å². The van der Waals surface area contributed by atoms with Crippen LogP contribution in [0, 0.1) is 0 Å². The second-order valence-corrected chi connectivity index (χ2v) is 5.82. The summed E-state index contributed by atoms with van der Waals surface area (Å²) in [6.07, 6.45) is 2.66. The van der Waals surface area contributed by atoms with Crippen LogP contribution < -0.4 is 5.32 Å². The fourth-order valence-corrected chi connectivity index (χ4v) is 2.22. The monoisotopic (exact) mass is 257 g/mol. The third-order valence-corrected chi connectivity index (χ3v) is 3.54. The van der Waals surface area contributed by atoms with Crippen molar-refractivity contribution in [1.82, 2.24) is 5.32 Å². The third kappa shape index (κ3) is 3.97. The molecule has 0 saturated heterocycles. The van der Waals surface area contributed by atoms with E-state index < -0.39 is 0 Å². The molecule has 0 aliphatic heterocycles. The van der Waals surface area contributed by atoms with Gasteiger partial charge in [0.15, 0.2) is 0 Å². The Hall–Kier alpha value is -1.54. The molecule has 0 bridgehead atoms. The molecular weight excluding hydrogens is 234 g/mol. The maximum Gasteiger partial charge on any atom is 0.105 e. The van der Waals surface area contributed by atoms with Crippen molar-refractivity contribution in [2.75, 3.05) is 6.54 Å². The quantitative estimate of drug-likeness (QED) is 0.852. The van der Waals surface area contributed by atoms with Crippen molar-refractivity contribution in [3.05, 3.63) is 60.1 Å². The highest BCUT2D eigenvalue weighted by atomic mass is 16.3. The van der Waals surface area contributed by atoms with E-state index >= 15 is 0 Å². The smallest absolute Gasteiger partial charge is 0.105 e. The van der Waals surface area contributed by atoms with Gasteiger partial charge in [-0.2, -0.15) is 0 Å². The molecule has 1 N–H and O–H groups in total. The third-order valence-electron chi connectivity index (χ3n) is 3.54. The molecule has 0 aliphatic carbocycles. The Morgan fingerprint density at radius 1 is 1.11 bits per heavy atom. The van der Waals surface area contributed by atoms with E-state index in [0.717, 1.165) is 18.7 Å². The lowest BCUT2D eigenvalue weighted by atomic mass is 9.84. The summed E-state index contributed by atoms with van der Waals surface area (Å²) >= 11 is 0. The molecule has 1 atom stereocenters. The van der Waals surface area contributed by atoms with Crippen molar-refractivity contribution >= 4 is 0 Å². The molecule has 0 amide bonds. The van der Waals surface area contributed by atoms with Gasteiger partial charge in [-0.25, -0.2) is 0 Å². The molecule has 2 nitrogen and oxygen atoms in total. The zero-order chi connectivity index (χ0) is 13.7. The van der Waals surface area contributed by atoms with Gasteiger partial charge >= 0.3 is 0 Å². The number of furan rings is 1. The van der Waals surface area contributed by atoms with E-state index in [4.69, 9.17) is 4.42 Å². The number of rotatable bonds is 6. The first-order valence-corrected chi connectivity index (χ1v) is 6.89. The van der Waals surface area contributed by atoms with E-state index in [1.807, 2.05) is 12.1 Å². The van der Waals surface area contributed by atoms with Crippen molar-refractivity contribution in [2.45, 2.75) is 38.6 Å². The zero-order valence-electron chi connectivity index (χ0n) is 12.0. The molecule has 0 radical (unpaired) electrons. The van der Waals surface area contributed by atoms with Crippen molar-refractivity contribution in [2.24, 2.45) is 0 Å². The van der Waals surface area contributed by atoms with Crippen LogP contribution in [0.3, 0.4) is 0 Å². The number of hydrogen-bond acceptors (Lipinski definition) is 2. The van der Waals surface area contributed by atoms with Gasteiger partial charge in [-0.05, 0) is 24.6 Å². The average Bonchev–Trinajstić information content (AvgIpc) is 2.90. The fraction of sp³-hybridized carbons (Fsp3) is 0.412. The molecule has 2 heteroatoms. The maximum atomic E-state index is 5.38. The van der Waals surface area contributed by atoms with E-state index in [2.05, 4.69) is 56.4 Å². The van der Waals surface area contributed by atoms with Crippen LogP contribution in [0.25, 0.3) is 0 Å². The SMILES string of the molecule is CC(Cc1ccco1)NCC(C)(C)c1ccccc1. The molecule has 2 rings (SSSR count). The normalized spacial score (nSPS) is 13.4.